The smallest absolute Gasteiger partial charge is 0.0561 e. The minimum Gasteiger partial charge on any atom is -0.312 e. The summed E-state index contributed by atoms with van der Waals surface area (Å²) in [6, 6.07) is 11.2. The fourth-order valence-electron chi connectivity index (χ4n) is 2.15. The van der Waals surface area contributed by atoms with Gasteiger partial charge in [0.1, 0.15) is 0 Å². The van der Waals surface area contributed by atoms with E-state index in [2.05, 4.69) is 43.4 Å². The Labute approximate surface area is 124 Å². The maximum Gasteiger partial charge on any atom is 0.0561 e. The number of halogens is 1. The van der Waals surface area contributed by atoms with Crippen LogP contribution in [0.15, 0.2) is 35.7 Å². The van der Waals surface area contributed by atoms with Crippen LogP contribution in [-0.4, -0.2) is 7.05 Å². The number of thiophene rings is 1. The third-order valence-electron chi connectivity index (χ3n) is 3.40. The van der Waals surface area contributed by atoms with Gasteiger partial charge in [-0.15, -0.1) is 11.3 Å². The van der Waals surface area contributed by atoms with Gasteiger partial charge < -0.3 is 5.32 Å². The van der Waals surface area contributed by atoms with Crippen molar-refractivity contribution < 1.29 is 0 Å². The molecule has 0 bridgehead atoms. The van der Waals surface area contributed by atoms with Crippen molar-refractivity contribution in [2.75, 3.05) is 7.05 Å². The van der Waals surface area contributed by atoms with Crippen LogP contribution >= 0.6 is 22.9 Å². The average molecular weight is 294 g/mol. The van der Waals surface area contributed by atoms with Gasteiger partial charge >= 0.3 is 0 Å². The number of hydrogen-bond acceptors (Lipinski definition) is 2. The minimum atomic E-state index is 0.289. The molecule has 1 aromatic carbocycles. The summed E-state index contributed by atoms with van der Waals surface area (Å²) in [5.41, 5.74) is 2.73. The first-order valence-electron chi connectivity index (χ1n) is 6.60. The van der Waals surface area contributed by atoms with E-state index in [1.165, 1.54) is 16.0 Å². The molecule has 0 amide bonds. The van der Waals surface area contributed by atoms with Gasteiger partial charge in [-0.05, 0) is 42.0 Å². The van der Waals surface area contributed by atoms with Gasteiger partial charge in [0, 0.05) is 10.9 Å². The molecule has 3 heteroatoms. The maximum absolute atomic E-state index is 6.22. The summed E-state index contributed by atoms with van der Waals surface area (Å²) >= 11 is 7.93. The van der Waals surface area contributed by atoms with E-state index in [9.17, 15) is 0 Å². The topological polar surface area (TPSA) is 12.0 Å². The Morgan fingerprint density at radius 3 is 2.32 bits per heavy atom. The molecule has 2 rings (SSSR count). The normalized spacial score (nSPS) is 12.9. The molecule has 0 saturated heterocycles. The van der Waals surface area contributed by atoms with Crippen LogP contribution in [0.3, 0.4) is 0 Å². The molecule has 1 unspecified atom stereocenters. The summed E-state index contributed by atoms with van der Waals surface area (Å²) in [6.07, 6.45) is 0.967. The van der Waals surface area contributed by atoms with Crippen LogP contribution in [0.25, 0.3) is 0 Å². The molecule has 1 N–H and O–H groups in total. The number of nitrogens with one attached hydrogen (secondary N) is 1. The fourth-order valence-corrected chi connectivity index (χ4v) is 3.45. The number of hydrogen-bond donors (Lipinski definition) is 1. The van der Waals surface area contributed by atoms with Crippen molar-refractivity contribution in [2.24, 2.45) is 0 Å². The molecule has 0 radical (unpaired) electrons. The lowest BCUT2D eigenvalue weighted by Crippen LogP contribution is -2.18. The van der Waals surface area contributed by atoms with E-state index < -0.39 is 0 Å². The second kappa shape index (κ2) is 6.56. The molecule has 0 aliphatic heterocycles. The molecule has 102 valence electrons. The molecular weight excluding hydrogens is 274 g/mol. The monoisotopic (exact) mass is 293 g/mol. The third-order valence-corrected chi connectivity index (χ3v) is 4.87. The Hall–Kier alpha value is -0.830. The Balaban J connectivity index is 2.13. The fraction of sp³-hybridized carbons (Fsp3) is 0.375. The van der Waals surface area contributed by atoms with Crippen molar-refractivity contribution >= 4 is 22.9 Å². The van der Waals surface area contributed by atoms with Gasteiger partial charge in [0.2, 0.25) is 0 Å². The Kier molecular flexibility index (Phi) is 5.03. The number of benzene rings is 1. The summed E-state index contributed by atoms with van der Waals surface area (Å²) in [5.74, 6) is 0.584. The van der Waals surface area contributed by atoms with E-state index >= 15 is 0 Å². The van der Waals surface area contributed by atoms with Crippen molar-refractivity contribution in [3.05, 3.63) is 56.7 Å². The first-order chi connectivity index (χ1) is 9.11. The highest BCUT2D eigenvalue weighted by Crippen LogP contribution is 2.30. The molecule has 0 spiro atoms. The lowest BCUT2D eigenvalue weighted by atomic mass is 9.99. The van der Waals surface area contributed by atoms with Gasteiger partial charge in [-0.2, -0.15) is 0 Å². The van der Waals surface area contributed by atoms with E-state index in [0.29, 0.717) is 5.92 Å². The molecule has 19 heavy (non-hydrogen) atoms. The van der Waals surface area contributed by atoms with Gasteiger partial charge in [-0.3, -0.25) is 0 Å². The quantitative estimate of drug-likeness (QED) is 0.815. The molecule has 1 nitrogen and oxygen atoms in total. The predicted octanol–water partition coefficient (Wildman–Crippen LogP) is 5.03. The van der Waals surface area contributed by atoms with Crippen LogP contribution < -0.4 is 5.32 Å². The van der Waals surface area contributed by atoms with Crippen LogP contribution in [0, 0.1) is 0 Å². The van der Waals surface area contributed by atoms with Crippen molar-refractivity contribution in [3.8, 4) is 0 Å². The Bertz CT molecular complexity index is 516. The largest absolute Gasteiger partial charge is 0.312 e. The second-order valence-corrected chi connectivity index (χ2v) is 6.43. The zero-order valence-corrected chi connectivity index (χ0v) is 13.2. The van der Waals surface area contributed by atoms with Crippen LogP contribution in [0.4, 0.5) is 0 Å². The molecule has 1 atom stereocenters. The zero-order chi connectivity index (χ0) is 13.8. The molecular formula is C16H20ClNS. The Morgan fingerprint density at radius 1 is 1.16 bits per heavy atom. The standard InChI is InChI=1S/C16H20ClNS/c1-11(2)13-6-4-12(5-7-13)10-15(18-3)16-14(17)8-9-19-16/h4-9,11,15,18H,10H2,1-3H3. The van der Waals surface area contributed by atoms with Gasteiger partial charge in [-0.25, -0.2) is 0 Å². The maximum atomic E-state index is 6.22. The highest BCUT2D eigenvalue weighted by molar-refractivity contribution is 7.10. The molecule has 2 aromatic rings. The minimum absolute atomic E-state index is 0.289. The van der Waals surface area contributed by atoms with E-state index in [1.807, 2.05) is 18.5 Å². The number of rotatable bonds is 5. The first kappa shape index (κ1) is 14.6. The molecule has 0 saturated carbocycles. The molecule has 1 heterocycles. The highest BCUT2D eigenvalue weighted by atomic mass is 35.5. The predicted molar refractivity (Wildman–Crippen MR) is 85.4 cm³/mol. The summed E-state index contributed by atoms with van der Waals surface area (Å²) in [4.78, 5) is 1.22. The SMILES string of the molecule is CNC(Cc1ccc(C(C)C)cc1)c1sccc1Cl. The summed E-state index contributed by atoms with van der Waals surface area (Å²) in [5, 5.41) is 6.27. The lowest BCUT2D eigenvalue weighted by molar-refractivity contribution is 0.602. The Morgan fingerprint density at radius 2 is 1.84 bits per heavy atom. The highest BCUT2D eigenvalue weighted by Gasteiger charge is 2.15. The molecule has 0 aliphatic rings. The third kappa shape index (κ3) is 3.59. The van der Waals surface area contributed by atoms with Crippen molar-refractivity contribution in [2.45, 2.75) is 32.2 Å². The van der Waals surface area contributed by atoms with E-state index in [1.54, 1.807) is 11.3 Å². The van der Waals surface area contributed by atoms with Crippen LogP contribution in [0.2, 0.25) is 5.02 Å². The second-order valence-electron chi connectivity index (χ2n) is 5.07. The van der Waals surface area contributed by atoms with Crippen molar-refractivity contribution in [1.29, 1.82) is 0 Å². The summed E-state index contributed by atoms with van der Waals surface area (Å²) < 4.78 is 0. The van der Waals surface area contributed by atoms with E-state index in [4.69, 9.17) is 11.6 Å². The van der Waals surface area contributed by atoms with Gasteiger partial charge in [-0.1, -0.05) is 49.7 Å². The van der Waals surface area contributed by atoms with Crippen molar-refractivity contribution in [1.82, 2.24) is 5.32 Å². The van der Waals surface area contributed by atoms with Crippen molar-refractivity contribution in [3.63, 3.8) is 0 Å². The van der Waals surface area contributed by atoms with Crippen LogP contribution in [-0.2, 0) is 6.42 Å². The zero-order valence-electron chi connectivity index (χ0n) is 11.6. The molecule has 1 aromatic heterocycles. The average Bonchev–Trinajstić information content (AvgIpc) is 2.83. The molecule has 0 aliphatic carbocycles. The summed E-state index contributed by atoms with van der Waals surface area (Å²) in [6.45, 7) is 4.44. The lowest BCUT2D eigenvalue weighted by Gasteiger charge is -2.16. The first-order valence-corrected chi connectivity index (χ1v) is 7.86. The van der Waals surface area contributed by atoms with Gasteiger partial charge in [0.25, 0.3) is 0 Å². The summed E-state index contributed by atoms with van der Waals surface area (Å²) in [7, 11) is 1.99. The van der Waals surface area contributed by atoms with Gasteiger partial charge in [0.05, 0.1) is 5.02 Å². The number of likely N-dealkylation sites (N-methyl/N-ethyl adjacent to an activating group) is 1. The van der Waals surface area contributed by atoms with E-state index in [0.717, 1.165) is 11.4 Å². The van der Waals surface area contributed by atoms with Gasteiger partial charge in [0.15, 0.2) is 0 Å². The molecule has 0 fully saturated rings. The van der Waals surface area contributed by atoms with Crippen LogP contribution in [0.5, 0.6) is 0 Å². The van der Waals surface area contributed by atoms with E-state index in [-0.39, 0.29) is 6.04 Å². The van der Waals surface area contributed by atoms with Crippen LogP contribution in [0.1, 0.15) is 41.8 Å².